The fraction of sp³-hybridized carbons (Fsp3) is 0.462. The number of hydrogen-bond donors (Lipinski definition) is 0. The van der Waals surface area contributed by atoms with Gasteiger partial charge in [0.25, 0.3) is 0 Å². The summed E-state index contributed by atoms with van der Waals surface area (Å²) in [6.07, 6.45) is -0.125. The van der Waals surface area contributed by atoms with Crippen LogP contribution in [0.2, 0.25) is 19.6 Å². The van der Waals surface area contributed by atoms with Crippen LogP contribution in [0, 0.1) is 0 Å². The van der Waals surface area contributed by atoms with Crippen molar-refractivity contribution in [2.24, 2.45) is 0 Å². The van der Waals surface area contributed by atoms with Crippen LogP contribution in [0.3, 0.4) is 0 Å². The quantitative estimate of drug-likeness (QED) is 0.469. The van der Waals surface area contributed by atoms with Crippen LogP contribution in [-0.2, 0) is 9.78 Å². The van der Waals surface area contributed by atoms with Gasteiger partial charge < -0.3 is 0 Å². The molecule has 0 heterocycles. The van der Waals surface area contributed by atoms with E-state index < -0.39 is 14.0 Å². The minimum atomic E-state index is -1.31. The van der Waals surface area contributed by atoms with Crippen LogP contribution in [0.15, 0.2) is 24.3 Å². The van der Waals surface area contributed by atoms with Gasteiger partial charge in [0.15, 0.2) is 0 Å². The van der Waals surface area contributed by atoms with Crippen LogP contribution >= 0.6 is 0 Å². The van der Waals surface area contributed by atoms with Gasteiger partial charge in [0.2, 0.25) is 0 Å². The Kier molecular flexibility index (Phi) is 4.48. The molecule has 0 radical (unpaired) electrons. The summed E-state index contributed by atoms with van der Waals surface area (Å²) in [5, 5.41) is 1.32. The average Bonchev–Trinajstić information content (AvgIpc) is 2.25. The SMILES string of the molecule is CC(C)OOC(=O)c1ccc([Si](C)(C)C)cc1. The summed E-state index contributed by atoms with van der Waals surface area (Å²) >= 11 is 0. The number of carbonyl (C=O) groups excluding carboxylic acids is 1. The van der Waals surface area contributed by atoms with Gasteiger partial charge in [-0.3, -0.25) is 4.89 Å². The summed E-state index contributed by atoms with van der Waals surface area (Å²) in [6, 6.07) is 7.58. The minimum Gasteiger partial charge on any atom is -0.293 e. The van der Waals surface area contributed by atoms with Crippen molar-refractivity contribution < 1.29 is 14.6 Å². The maximum Gasteiger partial charge on any atom is 0.373 e. The predicted octanol–water partition coefficient (Wildman–Crippen LogP) is 2.73. The molecule has 4 heteroatoms. The zero-order chi connectivity index (χ0) is 13.1. The van der Waals surface area contributed by atoms with Crippen LogP contribution in [0.25, 0.3) is 0 Å². The lowest BCUT2D eigenvalue weighted by molar-refractivity contribution is -0.265. The van der Waals surface area contributed by atoms with Crippen molar-refractivity contribution in [1.29, 1.82) is 0 Å². The van der Waals surface area contributed by atoms with Gasteiger partial charge in [-0.15, -0.1) is 0 Å². The maximum atomic E-state index is 11.6. The number of carbonyl (C=O) groups is 1. The summed E-state index contributed by atoms with van der Waals surface area (Å²) in [5.74, 6) is -0.444. The van der Waals surface area contributed by atoms with E-state index in [1.807, 2.05) is 26.0 Å². The average molecular weight is 252 g/mol. The highest BCUT2D eigenvalue weighted by Crippen LogP contribution is 2.06. The summed E-state index contributed by atoms with van der Waals surface area (Å²) in [7, 11) is -1.31. The molecule has 1 aromatic rings. The van der Waals surface area contributed by atoms with Crippen LogP contribution in [-0.4, -0.2) is 20.1 Å². The molecule has 1 rings (SSSR count). The molecule has 0 aliphatic carbocycles. The lowest BCUT2D eigenvalue weighted by atomic mass is 10.2. The van der Waals surface area contributed by atoms with Crippen molar-refractivity contribution in [3.05, 3.63) is 29.8 Å². The van der Waals surface area contributed by atoms with E-state index in [1.54, 1.807) is 12.1 Å². The molecule has 0 unspecified atom stereocenters. The van der Waals surface area contributed by atoms with Gasteiger partial charge in [-0.05, 0) is 26.0 Å². The van der Waals surface area contributed by atoms with E-state index in [4.69, 9.17) is 4.89 Å². The van der Waals surface area contributed by atoms with Crippen molar-refractivity contribution in [2.75, 3.05) is 0 Å². The summed E-state index contributed by atoms with van der Waals surface area (Å²) in [5.41, 5.74) is 0.521. The third-order valence-electron chi connectivity index (χ3n) is 2.30. The Morgan fingerprint density at radius 1 is 1.12 bits per heavy atom. The second-order valence-corrected chi connectivity index (χ2v) is 10.4. The second kappa shape index (κ2) is 5.47. The molecular formula is C13H20O3Si. The van der Waals surface area contributed by atoms with Gasteiger partial charge in [-0.2, -0.15) is 4.89 Å². The second-order valence-electron chi connectivity index (χ2n) is 5.34. The fourth-order valence-electron chi connectivity index (χ4n) is 1.29. The summed E-state index contributed by atoms with van der Waals surface area (Å²) < 4.78 is 0. The van der Waals surface area contributed by atoms with Crippen molar-refractivity contribution in [3.8, 4) is 0 Å². The summed E-state index contributed by atoms with van der Waals surface area (Å²) in [4.78, 5) is 21.1. The fourth-order valence-corrected chi connectivity index (χ4v) is 2.46. The first-order valence-corrected chi connectivity index (χ1v) is 9.29. The Morgan fingerprint density at radius 3 is 2.06 bits per heavy atom. The largest absolute Gasteiger partial charge is 0.373 e. The van der Waals surface area contributed by atoms with Gasteiger partial charge in [0.05, 0.1) is 19.7 Å². The van der Waals surface area contributed by atoms with Gasteiger partial charge >= 0.3 is 5.97 Å². The minimum absolute atomic E-state index is 0.125. The third kappa shape index (κ3) is 4.32. The zero-order valence-electron chi connectivity index (χ0n) is 11.1. The first-order chi connectivity index (χ1) is 7.80. The molecule has 0 aliphatic rings. The molecule has 0 saturated heterocycles. The molecule has 3 nitrogen and oxygen atoms in total. The zero-order valence-corrected chi connectivity index (χ0v) is 12.1. The monoisotopic (exact) mass is 252 g/mol. The van der Waals surface area contributed by atoms with Gasteiger partial charge in [0, 0.05) is 0 Å². The molecule has 0 bridgehead atoms. The van der Waals surface area contributed by atoms with E-state index in [0.29, 0.717) is 5.56 Å². The molecule has 0 aromatic heterocycles. The smallest absolute Gasteiger partial charge is 0.293 e. The highest BCUT2D eigenvalue weighted by molar-refractivity contribution is 6.88. The molecule has 0 fully saturated rings. The predicted molar refractivity (Wildman–Crippen MR) is 71.1 cm³/mol. The van der Waals surface area contributed by atoms with Gasteiger partial charge in [-0.25, -0.2) is 4.79 Å². The molecule has 17 heavy (non-hydrogen) atoms. The molecule has 1 aromatic carbocycles. The Morgan fingerprint density at radius 2 is 1.65 bits per heavy atom. The first kappa shape index (κ1) is 13.9. The first-order valence-electron chi connectivity index (χ1n) is 5.79. The highest BCUT2D eigenvalue weighted by Gasteiger charge is 2.17. The van der Waals surface area contributed by atoms with E-state index in [9.17, 15) is 4.79 Å². The molecule has 0 aliphatic heterocycles. The van der Waals surface area contributed by atoms with Crippen molar-refractivity contribution in [3.63, 3.8) is 0 Å². The Labute approximate surface area is 104 Å². The number of hydrogen-bond acceptors (Lipinski definition) is 3. The number of rotatable bonds is 4. The summed E-state index contributed by atoms with van der Waals surface area (Å²) in [6.45, 7) is 10.4. The Hall–Kier alpha value is -1.13. The van der Waals surface area contributed by atoms with Crippen molar-refractivity contribution >= 4 is 19.2 Å². The van der Waals surface area contributed by atoms with Crippen LogP contribution in [0.1, 0.15) is 24.2 Å². The van der Waals surface area contributed by atoms with E-state index >= 15 is 0 Å². The van der Waals surface area contributed by atoms with E-state index in [-0.39, 0.29) is 6.10 Å². The molecule has 0 atom stereocenters. The molecule has 0 N–H and O–H groups in total. The van der Waals surface area contributed by atoms with Crippen molar-refractivity contribution in [1.82, 2.24) is 0 Å². The van der Waals surface area contributed by atoms with Gasteiger partial charge in [-0.1, -0.05) is 37.0 Å². The topological polar surface area (TPSA) is 35.5 Å². The Balaban J connectivity index is 2.71. The van der Waals surface area contributed by atoms with Crippen LogP contribution in [0.4, 0.5) is 0 Å². The Bertz CT molecular complexity index is 377. The maximum absolute atomic E-state index is 11.6. The van der Waals surface area contributed by atoms with Gasteiger partial charge in [0.1, 0.15) is 0 Å². The molecule has 0 saturated carbocycles. The van der Waals surface area contributed by atoms with Crippen LogP contribution < -0.4 is 5.19 Å². The van der Waals surface area contributed by atoms with Crippen molar-refractivity contribution in [2.45, 2.75) is 39.6 Å². The highest BCUT2D eigenvalue weighted by atomic mass is 28.3. The molecule has 0 spiro atoms. The van der Waals surface area contributed by atoms with E-state index in [2.05, 4.69) is 24.5 Å². The van der Waals surface area contributed by atoms with Crippen LogP contribution in [0.5, 0.6) is 0 Å². The number of benzene rings is 1. The standard InChI is InChI=1S/C13H20O3Si/c1-10(2)15-16-13(14)11-6-8-12(9-7-11)17(3,4)5/h6-10H,1-5H3. The lowest BCUT2D eigenvalue weighted by Crippen LogP contribution is -2.37. The third-order valence-corrected chi connectivity index (χ3v) is 4.37. The lowest BCUT2D eigenvalue weighted by Gasteiger charge is -2.16. The van der Waals surface area contributed by atoms with E-state index in [0.717, 1.165) is 0 Å². The molecule has 94 valence electrons. The van der Waals surface area contributed by atoms with E-state index in [1.165, 1.54) is 5.19 Å². The normalized spacial score (nSPS) is 11.6. The molecule has 0 amide bonds. The molecular weight excluding hydrogens is 232 g/mol.